The highest BCUT2D eigenvalue weighted by molar-refractivity contribution is 7.91. The van der Waals surface area contributed by atoms with Crippen molar-refractivity contribution in [1.82, 2.24) is 9.78 Å². The fraction of sp³-hybridized carbons (Fsp3) is 0.174. The molecule has 3 aromatic carbocycles. The lowest BCUT2D eigenvalue weighted by Crippen LogP contribution is -2.16. The Morgan fingerprint density at radius 3 is 2.38 bits per heavy atom. The monoisotopic (exact) mass is 405 g/mol. The number of rotatable bonds is 6. The predicted octanol–water partition coefficient (Wildman–Crippen LogP) is 4.64. The van der Waals surface area contributed by atoms with E-state index in [0.717, 1.165) is 16.8 Å². The van der Waals surface area contributed by atoms with Crippen LogP contribution in [0.25, 0.3) is 10.8 Å². The summed E-state index contributed by atoms with van der Waals surface area (Å²) in [5.74, 6) is -0.0682. The maximum atomic E-state index is 12.7. The molecule has 0 fully saturated rings. The van der Waals surface area contributed by atoms with Crippen molar-refractivity contribution in [3.63, 3.8) is 0 Å². The van der Waals surface area contributed by atoms with Crippen molar-refractivity contribution < 1.29 is 8.42 Å². The van der Waals surface area contributed by atoms with Crippen LogP contribution in [0.15, 0.2) is 72.8 Å². The lowest BCUT2D eigenvalue weighted by Gasteiger charge is -2.10. The van der Waals surface area contributed by atoms with E-state index < -0.39 is 10.0 Å². The van der Waals surface area contributed by atoms with Gasteiger partial charge in [-0.25, -0.2) is 8.42 Å². The molecule has 0 saturated carbocycles. The van der Waals surface area contributed by atoms with Crippen molar-refractivity contribution in [2.45, 2.75) is 26.1 Å². The molecule has 0 radical (unpaired) electrons. The Hall–Kier alpha value is -3.12. The number of aryl methyl sites for hydroxylation is 1. The Bertz CT molecular complexity index is 1260. The summed E-state index contributed by atoms with van der Waals surface area (Å²) >= 11 is 0. The molecule has 0 spiro atoms. The van der Waals surface area contributed by atoms with Gasteiger partial charge in [0.2, 0.25) is 10.0 Å². The van der Waals surface area contributed by atoms with Gasteiger partial charge in [0.15, 0.2) is 0 Å². The van der Waals surface area contributed by atoms with E-state index in [1.165, 1.54) is 10.8 Å². The van der Waals surface area contributed by atoms with Gasteiger partial charge >= 0.3 is 0 Å². The molecule has 1 N–H and O–H groups in total. The molecule has 0 atom stereocenters. The van der Waals surface area contributed by atoms with Gasteiger partial charge in [-0.1, -0.05) is 72.8 Å². The standard InChI is InChI=1S/C23H23N3O2S/c1-17-23(25-29(27,28)16-19-9-4-3-5-10-19)18(2)26(24-17)15-21-13-8-12-20-11-6-7-14-22(20)21/h3-14,25H,15-16H2,1-2H3. The normalized spacial score (nSPS) is 11.7. The highest BCUT2D eigenvalue weighted by atomic mass is 32.2. The summed E-state index contributed by atoms with van der Waals surface area (Å²) < 4.78 is 29.9. The molecule has 5 nitrogen and oxygen atoms in total. The van der Waals surface area contributed by atoms with Gasteiger partial charge in [0.1, 0.15) is 0 Å². The molecule has 1 heterocycles. The molecule has 4 aromatic rings. The molecular weight excluding hydrogens is 382 g/mol. The van der Waals surface area contributed by atoms with Gasteiger partial charge < -0.3 is 0 Å². The summed E-state index contributed by atoms with van der Waals surface area (Å²) in [6, 6.07) is 23.6. The molecule has 0 amide bonds. The number of benzene rings is 3. The Kier molecular flexibility index (Phi) is 5.11. The van der Waals surface area contributed by atoms with Crippen LogP contribution < -0.4 is 4.72 Å². The van der Waals surface area contributed by atoms with Gasteiger partial charge in [0.25, 0.3) is 0 Å². The van der Waals surface area contributed by atoms with E-state index in [-0.39, 0.29) is 5.75 Å². The zero-order valence-electron chi connectivity index (χ0n) is 16.5. The second-order valence-electron chi connectivity index (χ2n) is 7.19. The van der Waals surface area contributed by atoms with Crippen LogP contribution in [-0.2, 0) is 22.3 Å². The number of sulfonamides is 1. The molecule has 0 aliphatic heterocycles. The van der Waals surface area contributed by atoms with Crippen molar-refractivity contribution in [3.05, 3.63) is 95.3 Å². The third-order valence-electron chi connectivity index (χ3n) is 5.04. The minimum atomic E-state index is -3.53. The Morgan fingerprint density at radius 2 is 1.59 bits per heavy atom. The zero-order valence-corrected chi connectivity index (χ0v) is 17.3. The van der Waals surface area contributed by atoms with Crippen LogP contribution in [-0.4, -0.2) is 18.2 Å². The number of aromatic nitrogens is 2. The largest absolute Gasteiger partial charge is 0.280 e. The molecule has 0 bridgehead atoms. The van der Waals surface area contributed by atoms with E-state index in [4.69, 9.17) is 0 Å². The number of anilines is 1. The summed E-state index contributed by atoms with van der Waals surface area (Å²) in [6.07, 6.45) is 0. The molecule has 0 aliphatic rings. The fourth-order valence-electron chi connectivity index (χ4n) is 3.58. The first kappa shape index (κ1) is 19.2. The average Bonchev–Trinajstić information content (AvgIpc) is 2.96. The van der Waals surface area contributed by atoms with E-state index in [0.29, 0.717) is 17.9 Å². The van der Waals surface area contributed by atoms with Crippen LogP contribution in [0.3, 0.4) is 0 Å². The van der Waals surface area contributed by atoms with Crippen molar-refractivity contribution >= 4 is 26.5 Å². The average molecular weight is 406 g/mol. The van der Waals surface area contributed by atoms with Gasteiger partial charge in [-0.15, -0.1) is 0 Å². The number of nitrogens with zero attached hydrogens (tertiary/aromatic N) is 2. The van der Waals surface area contributed by atoms with Crippen molar-refractivity contribution in [2.75, 3.05) is 4.72 Å². The van der Waals surface area contributed by atoms with Crippen LogP contribution in [0.5, 0.6) is 0 Å². The molecule has 6 heteroatoms. The maximum absolute atomic E-state index is 12.7. The van der Waals surface area contributed by atoms with Gasteiger partial charge in [0.05, 0.1) is 29.4 Å². The Balaban J connectivity index is 1.61. The first-order valence-corrected chi connectivity index (χ1v) is 11.1. The lowest BCUT2D eigenvalue weighted by molar-refractivity contribution is 0.600. The van der Waals surface area contributed by atoms with Crippen molar-refractivity contribution in [3.8, 4) is 0 Å². The number of fused-ring (bicyclic) bond motifs is 1. The number of nitrogens with one attached hydrogen (secondary N) is 1. The van der Waals surface area contributed by atoms with Crippen molar-refractivity contribution in [2.24, 2.45) is 0 Å². The predicted molar refractivity (Wildman–Crippen MR) is 117 cm³/mol. The van der Waals surface area contributed by atoms with Gasteiger partial charge in [-0.3, -0.25) is 9.40 Å². The van der Waals surface area contributed by atoms with Crippen LogP contribution in [0.4, 0.5) is 5.69 Å². The van der Waals surface area contributed by atoms with E-state index >= 15 is 0 Å². The van der Waals surface area contributed by atoms with Crippen LogP contribution in [0.2, 0.25) is 0 Å². The van der Waals surface area contributed by atoms with E-state index in [1.54, 1.807) is 0 Å². The Morgan fingerprint density at radius 1 is 0.897 bits per heavy atom. The first-order valence-electron chi connectivity index (χ1n) is 9.48. The van der Waals surface area contributed by atoms with E-state index in [9.17, 15) is 8.42 Å². The summed E-state index contributed by atoms with van der Waals surface area (Å²) in [5, 5.41) is 6.94. The summed E-state index contributed by atoms with van der Waals surface area (Å²) in [7, 11) is -3.53. The third-order valence-corrected chi connectivity index (χ3v) is 6.27. The highest BCUT2D eigenvalue weighted by Gasteiger charge is 2.19. The van der Waals surface area contributed by atoms with Crippen LogP contribution >= 0.6 is 0 Å². The Labute approximate surface area is 171 Å². The molecule has 0 saturated heterocycles. The smallest absolute Gasteiger partial charge is 0.237 e. The zero-order chi connectivity index (χ0) is 20.4. The number of hydrogen-bond donors (Lipinski definition) is 1. The quantitative estimate of drug-likeness (QED) is 0.508. The van der Waals surface area contributed by atoms with Gasteiger partial charge in [-0.05, 0) is 35.7 Å². The minimum Gasteiger partial charge on any atom is -0.280 e. The molecule has 148 valence electrons. The second kappa shape index (κ2) is 7.72. The summed E-state index contributed by atoms with van der Waals surface area (Å²) in [4.78, 5) is 0. The minimum absolute atomic E-state index is 0.0682. The van der Waals surface area contributed by atoms with E-state index in [1.807, 2.05) is 67.1 Å². The molecule has 0 aliphatic carbocycles. The van der Waals surface area contributed by atoms with Crippen LogP contribution in [0.1, 0.15) is 22.5 Å². The molecule has 29 heavy (non-hydrogen) atoms. The third kappa shape index (κ3) is 4.17. The molecule has 0 unspecified atom stereocenters. The highest BCUT2D eigenvalue weighted by Crippen LogP contribution is 2.25. The SMILES string of the molecule is Cc1nn(Cc2cccc3ccccc23)c(C)c1NS(=O)(=O)Cc1ccccc1. The van der Waals surface area contributed by atoms with Gasteiger partial charge in [0, 0.05) is 0 Å². The molecule has 1 aromatic heterocycles. The van der Waals surface area contributed by atoms with E-state index in [2.05, 4.69) is 34.1 Å². The molecule has 4 rings (SSSR count). The fourth-order valence-corrected chi connectivity index (χ4v) is 4.89. The summed E-state index contributed by atoms with van der Waals surface area (Å²) in [5.41, 5.74) is 3.92. The van der Waals surface area contributed by atoms with Crippen molar-refractivity contribution in [1.29, 1.82) is 0 Å². The first-order chi connectivity index (χ1) is 13.9. The lowest BCUT2D eigenvalue weighted by atomic mass is 10.0. The van der Waals surface area contributed by atoms with Crippen LogP contribution in [0, 0.1) is 13.8 Å². The summed E-state index contributed by atoms with van der Waals surface area (Å²) in [6.45, 7) is 4.30. The maximum Gasteiger partial charge on any atom is 0.237 e. The number of hydrogen-bond acceptors (Lipinski definition) is 3. The molecular formula is C23H23N3O2S. The second-order valence-corrected chi connectivity index (χ2v) is 8.91. The van der Waals surface area contributed by atoms with Gasteiger partial charge in [-0.2, -0.15) is 5.10 Å². The topological polar surface area (TPSA) is 64.0 Å².